The second-order valence-corrected chi connectivity index (χ2v) is 2.95. The van der Waals surface area contributed by atoms with E-state index in [2.05, 4.69) is 10.4 Å². The molecular formula is C13H17N3O. The maximum atomic E-state index is 5.57. The molecule has 0 spiro atoms. The largest absolute Gasteiger partial charge is 0.457 e. The van der Waals surface area contributed by atoms with Crippen molar-refractivity contribution in [1.82, 2.24) is 4.98 Å². The molecule has 1 aromatic heterocycles. The number of aromatic nitrogens is 1. The van der Waals surface area contributed by atoms with Crippen LogP contribution in [0.4, 0.5) is 5.69 Å². The van der Waals surface area contributed by atoms with Crippen molar-refractivity contribution in [3.63, 3.8) is 0 Å². The average molecular weight is 231 g/mol. The molecule has 0 amide bonds. The predicted octanol–water partition coefficient (Wildman–Crippen LogP) is 3.19. The number of nitrogen functional groups attached to an aromatic ring is 1. The highest BCUT2D eigenvalue weighted by Crippen LogP contribution is 2.21. The van der Waals surface area contributed by atoms with Crippen LogP contribution in [0.1, 0.15) is 13.8 Å². The molecule has 4 nitrogen and oxygen atoms in total. The van der Waals surface area contributed by atoms with Gasteiger partial charge in [-0.3, -0.25) is 10.8 Å². The standard InChI is InChI=1S/C11H11N3O.C2H6/c12-14-9-1-3-10(4-2-9)15-11-5-7-13-8-6-11;1-2/h1-8,14H,12H2;1-2H3. The third-order valence-corrected chi connectivity index (χ3v) is 1.91. The molecule has 1 heterocycles. The molecule has 90 valence electrons. The smallest absolute Gasteiger partial charge is 0.130 e. The number of pyridine rings is 1. The van der Waals surface area contributed by atoms with Crippen LogP contribution >= 0.6 is 0 Å². The minimum atomic E-state index is 0.762. The minimum absolute atomic E-state index is 0.762. The number of anilines is 1. The summed E-state index contributed by atoms with van der Waals surface area (Å²) in [5.41, 5.74) is 3.40. The normalized spacial score (nSPS) is 8.88. The maximum absolute atomic E-state index is 5.57. The van der Waals surface area contributed by atoms with Crippen LogP contribution in [0.15, 0.2) is 48.8 Å². The predicted molar refractivity (Wildman–Crippen MR) is 69.9 cm³/mol. The fourth-order valence-electron chi connectivity index (χ4n) is 1.16. The number of nitrogens with one attached hydrogen (secondary N) is 1. The van der Waals surface area contributed by atoms with Gasteiger partial charge >= 0.3 is 0 Å². The summed E-state index contributed by atoms with van der Waals surface area (Å²) in [5, 5.41) is 0. The Labute approximate surface area is 101 Å². The number of nitrogens with zero attached hydrogens (tertiary/aromatic N) is 1. The van der Waals surface area contributed by atoms with Crippen LogP contribution in [-0.4, -0.2) is 4.98 Å². The Morgan fingerprint density at radius 2 is 1.47 bits per heavy atom. The number of benzene rings is 1. The van der Waals surface area contributed by atoms with Crippen molar-refractivity contribution in [2.75, 3.05) is 5.43 Å². The van der Waals surface area contributed by atoms with Crippen molar-refractivity contribution in [3.8, 4) is 11.5 Å². The Balaban J connectivity index is 0.000000686. The topological polar surface area (TPSA) is 60.2 Å². The van der Waals surface area contributed by atoms with Crippen molar-refractivity contribution >= 4 is 5.69 Å². The molecular weight excluding hydrogens is 214 g/mol. The van der Waals surface area contributed by atoms with E-state index in [1.165, 1.54) is 0 Å². The second-order valence-electron chi connectivity index (χ2n) is 2.95. The lowest BCUT2D eigenvalue weighted by Crippen LogP contribution is -2.05. The van der Waals surface area contributed by atoms with E-state index in [0.717, 1.165) is 17.2 Å². The molecule has 2 rings (SSSR count). The van der Waals surface area contributed by atoms with Crippen LogP contribution in [0.25, 0.3) is 0 Å². The first-order chi connectivity index (χ1) is 8.38. The summed E-state index contributed by atoms with van der Waals surface area (Å²) in [6.45, 7) is 4.00. The summed E-state index contributed by atoms with van der Waals surface area (Å²) in [5.74, 6) is 6.78. The van der Waals surface area contributed by atoms with Gasteiger partial charge in [-0.15, -0.1) is 0 Å². The van der Waals surface area contributed by atoms with Gasteiger partial charge in [-0.2, -0.15) is 0 Å². The van der Waals surface area contributed by atoms with Crippen LogP contribution in [0, 0.1) is 0 Å². The van der Waals surface area contributed by atoms with Crippen molar-refractivity contribution in [2.24, 2.45) is 5.84 Å². The molecule has 0 aliphatic rings. The molecule has 0 bridgehead atoms. The van der Waals surface area contributed by atoms with Crippen molar-refractivity contribution in [1.29, 1.82) is 0 Å². The van der Waals surface area contributed by atoms with Gasteiger partial charge in [0.25, 0.3) is 0 Å². The Hall–Kier alpha value is -2.07. The number of hydrogen-bond donors (Lipinski definition) is 2. The number of hydrazine groups is 1. The molecule has 4 heteroatoms. The molecule has 0 aliphatic carbocycles. The summed E-state index contributed by atoms with van der Waals surface area (Å²) in [7, 11) is 0. The Bertz CT molecular complexity index is 414. The first-order valence-corrected chi connectivity index (χ1v) is 5.53. The molecule has 0 atom stereocenters. The van der Waals surface area contributed by atoms with E-state index in [0.29, 0.717) is 0 Å². The second kappa shape index (κ2) is 7.24. The SMILES string of the molecule is CC.NNc1ccc(Oc2ccncc2)cc1. The number of rotatable bonds is 3. The van der Waals surface area contributed by atoms with Gasteiger partial charge < -0.3 is 10.2 Å². The van der Waals surface area contributed by atoms with Crippen LogP contribution in [0.2, 0.25) is 0 Å². The minimum Gasteiger partial charge on any atom is -0.457 e. The summed E-state index contributed by atoms with van der Waals surface area (Å²) in [6.07, 6.45) is 3.37. The van der Waals surface area contributed by atoms with Gasteiger partial charge in [0.05, 0.1) is 0 Å². The van der Waals surface area contributed by atoms with Gasteiger partial charge in [0.2, 0.25) is 0 Å². The highest BCUT2D eigenvalue weighted by molar-refractivity contribution is 5.45. The van der Waals surface area contributed by atoms with E-state index < -0.39 is 0 Å². The summed E-state index contributed by atoms with van der Waals surface area (Å²) >= 11 is 0. The van der Waals surface area contributed by atoms with Gasteiger partial charge in [0.1, 0.15) is 11.5 Å². The van der Waals surface area contributed by atoms with Crippen LogP contribution < -0.4 is 16.0 Å². The van der Waals surface area contributed by atoms with Crippen molar-refractivity contribution < 1.29 is 4.74 Å². The third kappa shape index (κ3) is 4.12. The van der Waals surface area contributed by atoms with Crippen molar-refractivity contribution in [2.45, 2.75) is 13.8 Å². The zero-order chi connectivity index (χ0) is 12.5. The number of ether oxygens (including phenoxy) is 1. The van der Waals surface area contributed by atoms with E-state index in [4.69, 9.17) is 10.6 Å². The molecule has 0 unspecified atom stereocenters. The summed E-state index contributed by atoms with van der Waals surface area (Å²) in [6, 6.07) is 11.0. The summed E-state index contributed by atoms with van der Waals surface area (Å²) < 4.78 is 5.57. The van der Waals surface area contributed by atoms with Gasteiger partial charge in [-0.05, 0) is 36.4 Å². The van der Waals surface area contributed by atoms with E-state index in [1.807, 2.05) is 38.1 Å². The van der Waals surface area contributed by atoms with Crippen LogP contribution in [0.3, 0.4) is 0 Å². The van der Waals surface area contributed by atoms with Gasteiger partial charge in [0.15, 0.2) is 0 Å². The van der Waals surface area contributed by atoms with Gasteiger partial charge in [-0.1, -0.05) is 13.8 Å². The zero-order valence-corrected chi connectivity index (χ0v) is 10.1. The molecule has 0 fully saturated rings. The Morgan fingerprint density at radius 1 is 0.941 bits per heavy atom. The first-order valence-electron chi connectivity index (χ1n) is 5.53. The van der Waals surface area contributed by atoms with Crippen LogP contribution in [0.5, 0.6) is 11.5 Å². The molecule has 0 aliphatic heterocycles. The molecule has 3 N–H and O–H groups in total. The lowest BCUT2D eigenvalue weighted by molar-refractivity contribution is 0.482. The first kappa shape index (κ1) is 13.0. The fraction of sp³-hybridized carbons (Fsp3) is 0.154. The number of nitrogens with two attached hydrogens (primary N) is 1. The lowest BCUT2D eigenvalue weighted by atomic mass is 10.3. The highest BCUT2D eigenvalue weighted by Gasteiger charge is 1.95. The Kier molecular flexibility index (Phi) is 5.54. The van der Waals surface area contributed by atoms with E-state index >= 15 is 0 Å². The van der Waals surface area contributed by atoms with E-state index in [-0.39, 0.29) is 0 Å². The highest BCUT2D eigenvalue weighted by atomic mass is 16.5. The van der Waals surface area contributed by atoms with Crippen LogP contribution in [-0.2, 0) is 0 Å². The Morgan fingerprint density at radius 3 is 2.00 bits per heavy atom. The monoisotopic (exact) mass is 231 g/mol. The molecule has 0 saturated carbocycles. The molecule has 0 radical (unpaired) electrons. The number of hydrogen-bond acceptors (Lipinski definition) is 4. The molecule has 1 aromatic carbocycles. The van der Waals surface area contributed by atoms with Gasteiger partial charge in [0, 0.05) is 18.1 Å². The van der Waals surface area contributed by atoms with E-state index in [9.17, 15) is 0 Å². The zero-order valence-electron chi connectivity index (χ0n) is 10.1. The quantitative estimate of drug-likeness (QED) is 0.629. The molecule has 0 saturated heterocycles. The summed E-state index contributed by atoms with van der Waals surface area (Å²) in [4.78, 5) is 3.91. The van der Waals surface area contributed by atoms with E-state index in [1.54, 1.807) is 24.5 Å². The fourth-order valence-corrected chi connectivity index (χ4v) is 1.16. The maximum Gasteiger partial charge on any atom is 0.130 e. The van der Waals surface area contributed by atoms with Gasteiger partial charge in [-0.25, -0.2) is 0 Å². The third-order valence-electron chi connectivity index (χ3n) is 1.91. The average Bonchev–Trinajstić information content (AvgIpc) is 2.43. The molecule has 2 aromatic rings. The molecule has 17 heavy (non-hydrogen) atoms. The van der Waals surface area contributed by atoms with Crippen molar-refractivity contribution in [3.05, 3.63) is 48.8 Å². The lowest BCUT2D eigenvalue weighted by Gasteiger charge is -2.05.